The van der Waals surface area contributed by atoms with Crippen molar-refractivity contribution in [3.8, 4) is 0 Å². The molecule has 3 heteroatoms. The fourth-order valence-electron chi connectivity index (χ4n) is 1.45. The van der Waals surface area contributed by atoms with Gasteiger partial charge in [-0.05, 0) is 19.4 Å². The third-order valence-electron chi connectivity index (χ3n) is 2.33. The van der Waals surface area contributed by atoms with Crippen molar-refractivity contribution in [1.29, 1.82) is 0 Å². The maximum absolute atomic E-state index is 10.3. The van der Waals surface area contributed by atoms with E-state index in [2.05, 4.69) is 11.4 Å². The van der Waals surface area contributed by atoms with Gasteiger partial charge < -0.3 is 10.4 Å². The standard InChI is InChI=1S/C12H17NO2/c1-9-4-3-5-11(8-9)10(2)13-7-6-12(14)15/h3-5,8,10,13H,6-7H2,1-2H3,(H,14,15)/t10-/m1/s1. The first-order valence-corrected chi connectivity index (χ1v) is 5.11. The average molecular weight is 207 g/mol. The summed E-state index contributed by atoms with van der Waals surface area (Å²) in [5.41, 5.74) is 2.42. The first-order valence-electron chi connectivity index (χ1n) is 5.11. The number of carboxylic acids is 1. The summed E-state index contributed by atoms with van der Waals surface area (Å²) in [6.45, 7) is 4.59. The van der Waals surface area contributed by atoms with Crippen LogP contribution in [-0.2, 0) is 4.79 Å². The number of carbonyl (C=O) groups is 1. The maximum Gasteiger partial charge on any atom is 0.304 e. The predicted octanol–water partition coefficient (Wildman–Crippen LogP) is 2.12. The van der Waals surface area contributed by atoms with E-state index in [-0.39, 0.29) is 12.5 Å². The number of aryl methyl sites for hydroxylation is 1. The molecule has 0 unspecified atom stereocenters. The lowest BCUT2D eigenvalue weighted by Gasteiger charge is -2.13. The molecule has 0 heterocycles. The van der Waals surface area contributed by atoms with Crippen LogP contribution in [0.3, 0.4) is 0 Å². The van der Waals surface area contributed by atoms with Crippen LogP contribution in [0.15, 0.2) is 24.3 Å². The molecule has 0 aromatic heterocycles. The summed E-state index contributed by atoms with van der Waals surface area (Å²) in [4.78, 5) is 10.3. The first-order chi connectivity index (χ1) is 7.09. The normalized spacial score (nSPS) is 12.4. The molecule has 0 aliphatic rings. The zero-order valence-corrected chi connectivity index (χ0v) is 9.16. The van der Waals surface area contributed by atoms with Crippen molar-refractivity contribution in [3.63, 3.8) is 0 Å². The Kier molecular flexibility index (Phi) is 4.31. The highest BCUT2D eigenvalue weighted by molar-refractivity contribution is 5.66. The third-order valence-corrected chi connectivity index (χ3v) is 2.33. The molecule has 0 amide bonds. The zero-order valence-electron chi connectivity index (χ0n) is 9.16. The van der Waals surface area contributed by atoms with Crippen molar-refractivity contribution in [2.45, 2.75) is 26.3 Å². The quantitative estimate of drug-likeness (QED) is 0.777. The van der Waals surface area contributed by atoms with Gasteiger partial charge in [-0.2, -0.15) is 0 Å². The van der Waals surface area contributed by atoms with Crippen LogP contribution in [0.1, 0.15) is 30.5 Å². The highest BCUT2D eigenvalue weighted by atomic mass is 16.4. The number of nitrogens with one attached hydrogen (secondary N) is 1. The van der Waals surface area contributed by atoms with Crippen LogP contribution >= 0.6 is 0 Å². The minimum atomic E-state index is -0.765. The molecule has 0 saturated heterocycles. The minimum Gasteiger partial charge on any atom is -0.481 e. The highest BCUT2D eigenvalue weighted by Crippen LogP contribution is 2.13. The molecule has 1 aromatic rings. The van der Waals surface area contributed by atoms with Crippen LogP contribution in [0.2, 0.25) is 0 Å². The predicted molar refractivity (Wildman–Crippen MR) is 59.8 cm³/mol. The number of hydrogen-bond acceptors (Lipinski definition) is 2. The molecule has 3 nitrogen and oxygen atoms in total. The SMILES string of the molecule is Cc1cccc([C@@H](C)NCCC(=O)O)c1. The zero-order chi connectivity index (χ0) is 11.3. The van der Waals surface area contributed by atoms with Crippen LogP contribution in [0.5, 0.6) is 0 Å². The molecule has 15 heavy (non-hydrogen) atoms. The van der Waals surface area contributed by atoms with E-state index in [1.54, 1.807) is 0 Å². The molecule has 0 spiro atoms. The lowest BCUT2D eigenvalue weighted by atomic mass is 10.1. The summed E-state index contributed by atoms with van der Waals surface area (Å²) < 4.78 is 0. The van der Waals surface area contributed by atoms with Gasteiger partial charge in [-0.1, -0.05) is 29.8 Å². The molecule has 82 valence electrons. The largest absolute Gasteiger partial charge is 0.481 e. The van der Waals surface area contributed by atoms with Gasteiger partial charge in [0.15, 0.2) is 0 Å². The highest BCUT2D eigenvalue weighted by Gasteiger charge is 2.05. The minimum absolute atomic E-state index is 0.163. The van der Waals surface area contributed by atoms with E-state index in [0.717, 1.165) is 0 Å². The molecular formula is C12H17NO2. The number of rotatable bonds is 5. The molecule has 2 N–H and O–H groups in total. The Bertz CT molecular complexity index is 336. The second-order valence-electron chi connectivity index (χ2n) is 3.73. The van der Waals surface area contributed by atoms with Gasteiger partial charge in [0.1, 0.15) is 0 Å². The fourth-order valence-corrected chi connectivity index (χ4v) is 1.45. The summed E-state index contributed by atoms with van der Waals surface area (Å²) in [5, 5.41) is 11.7. The van der Waals surface area contributed by atoms with Crippen LogP contribution in [0, 0.1) is 6.92 Å². The number of hydrogen-bond donors (Lipinski definition) is 2. The summed E-state index contributed by atoms with van der Waals surface area (Å²) in [5.74, 6) is -0.765. The van der Waals surface area contributed by atoms with Gasteiger partial charge in [0.25, 0.3) is 0 Å². The van der Waals surface area contributed by atoms with Gasteiger partial charge in [-0.3, -0.25) is 4.79 Å². The Balaban J connectivity index is 2.46. The van der Waals surface area contributed by atoms with Crippen molar-refractivity contribution in [2.75, 3.05) is 6.54 Å². The molecule has 0 saturated carbocycles. The van der Waals surface area contributed by atoms with E-state index in [1.807, 2.05) is 32.0 Å². The van der Waals surface area contributed by atoms with Gasteiger partial charge in [0, 0.05) is 12.6 Å². The third kappa shape index (κ3) is 4.13. The molecule has 1 aromatic carbocycles. The van der Waals surface area contributed by atoms with Crippen molar-refractivity contribution in [1.82, 2.24) is 5.32 Å². The Hall–Kier alpha value is -1.35. The van der Waals surface area contributed by atoms with Crippen LogP contribution < -0.4 is 5.32 Å². The smallest absolute Gasteiger partial charge is 0.304 e. The number of aliphatic carboxylic acids is 1. The van der Waals surface area contributed by atoms with Crippen LogP contribution in [0.4, 0.5) is 0 Å². The van der Waals surface area contributed by atoms with Gasteiger partial charge in [0.2, 0.25) is 0 Å². The molecule has 0 fully saturated rings. The van der Waals surface area contributed by atoms with Crippen LogP contribution in [-0.4, -0.2) is 17.6 Å². The van der Waals surface area contributed by atoms with E-state index < -0.39 is 5.97 Å². The van der Waals surface area contributed by atoms with Gasteiger partial charge in [0.05, 0.1) is 6.42 Å². The van der Waals surface area contributed by atoms with E-state index >= 15 is 0 Å². The lowest BCUT2D eigenvalue weighted by molar-refractivity contribution is -0.136. The van der Waals surface area contributed by atoms with E-state index in [4.69, 9.17) is 5.11 Å². The second-order valence-corrected chi connectivity index (χ2v) is 3.73. The fraction of sp³-hybridized carbons (Fsp3) is 0.417. The summed E-state index contributed by atoms with van der Waals surface area (Å²) in [7, 11) is 0. The molecule has 0 radical (unpaired) electrons. The molecule has 0 aliphatic carbocycles. The summed E-state index contributed by atoms with van der Waals surface area (Å²) in [6.07, 6.45) is 0.163. The van der Waals surface area contributed by atoms with Gasteiger partial charge in [-0.25, -0.2) is 0 Å². The average Bonchev–Trinajstić information content (AvgIpc) is 2.17. The van der Waals surface area contributed by atoms with Gasteiger partial charge in [-0.15, -0.1) is 0 Å². The molecule has 1 atom stereocenters. The van der Waals surface area contributed by atoms with Crippen molar-refractivity contribution in [2.24, 2.45) is 0 Å². The van der Waals surface area contributed by atoms with E-state index in [0.29, 0.717) is 6.54 Å². The monoisotopic (exact) mass is 207 g/mol. The molecule has 0 bridgehead atoms. The topological polar surface area (TPSA) is 49.3 Å². The molecular weight excluding hydrogens is 190 g/mol. The first kappa shape index (κ1) is 11.7. The Morgan fingerprint density at radius 3 is 2.87 bits per heavy atom. The van der Waals surface area contributed by atoms with Crippen molar-refractivity contribution < 1.29 is 9.90 Å². The molecule has 1 rings (SSSR count). The van der Waals surface area contributed by atoms with Crippen molar-refractivity contribution >= 4 is 5.97 Å². The lowest BCUT2D eigenvalue weighted by Crippen LogP contribution is -2.21. The Labute approximate surface area is 90.1 Å². The Morgan fingerprint density at radius 2 is 2.27 bits per heavy atom. The second kappa shape index (κ2) is 5.51. The number of benzene rings is 1. The van der Waals surface area contributed by atoms with E-state index in [1.165, 1.54) is 11.1 Å². The Morgan fingerprint density at radius 1 is 1.53 bits per heavy atom. The maximum atomic E-state index is 10.3. The van der Waals surface area contributed by atoms with Crippen molar-refractivity contribution in [3.05, 3.63) is 35.4 Å². The van der Waals surface area contributed by atoms with E-state index in [9.17, 15) is 4.79 Å². The van der Waals surface area contributed by atoms with Gasteiger partial charge >= 0.3 is 5.97 Å². The molecule has 0 aliphatic heterocycles. The summed E-state index contributed by atoms with van der Waals surface area (Å²) >= 11 is 0. The van der Waals surface area contributed by atoms with Crippen LogP contribution in [0.25, 0.3) is 0 Å². The number of carboxylic acid groups (broad SMARTS) is 1. The summed E-state index contributed by atoms with van der Waals surface area (Å²) in [6, 6.07) is 8.42.